The summed E-state index contributed by atoms with van der Waals surface area (Å²) < 4.78 is 4.77. The highest BCUT2D eigenvalue weighted by atomic mass is 79.9. The topological polar surface area (TPSA) is 8.81 Å². The summed E-state index contributed by atoms with van der Waals surface area (Å²) in [6.07, 6.45) is 7.08. The van der Waals surface area contributed by atoms with E-state index in [0.717, 1.165) is 28.7 Å². The molecule has 2 heterocycles. The number of hydrogen-bond acceptors (Lipinski definition) is 0. The molecule has 0 fully saturated rings. The van der Waals surface area contributed by atoms with Crippen LogP contribution in [0, 0.1) is 0 Å². The number of aromatic nitrogens is 2. The van der Waals surface area contributed by atoms with Crippen LogP contribution in [0.4, 0.5) is 0 Å². The van der Waals surface area contributed by atoms with E-state index in [0.29, 0.717) is 0 Å². The van der Waals surface area contributed by atoms with Crippen LogP contribution < -0.4 is 21.5 Å². The van der Waals surface area contributed by atoms with Crippen molar-refractivity contribution in [1.29, 1.82) is 0 Å². The number of rotatable bonds is 2. The first-order chi connectivity index (χ1) is 11.7. The third-order valence-electron chi connectivity index (χ3n) is 4.66. The van der Waals surface area contributed by atoms with Gasteiger partial charge in [-0.2, -0.15) is 4.57 Å². The van der Waals surface area contributed by atoms with Crippen molar-refractivity contribution in [3.05, 3.63) is 70.6 Å². The van der Waals surface area contributed by atoms with Gasteiger partial charge in [0.25, 0.3) is 5.82 Å². The van der Waals surface area contributed by atoms with Gasteiger partial charge in [-0.25, -0.2) is 4.57 Å². The zero-order chi connectivity index (χ0) is 16.5. The lowest BCUT2D eigenvalue weighted by atomic mass is 10.1. The minimum Gasteiger partial charge on any atom is -1.00 e. The van der Waals surface area contributed by atoms with Crippen molar-refractivity contribution in [2.75, 3.05) is 0 Å². The summed E-state index contributed by atoms with van der Waals surface area (Å²) in [6.45, 7) is 1.06. The molecule has 2 nitrogen and oxygen atoms in total. The van der Waals surface area contributed by atoms with Gasteiger partial charge in [0.2, 0.25) is 0 Å². The molecule has 0 saturated heterocycles. The van der Waals surface area contributed by atoms with Crippen LogP contribution in [0.2, 0.25) is 10.0 Å². The predicted octanol–water partition coefficient (Wildman–Crippen LogP) is 2.47. The molecule has 0 aliphatic carbocycles. The lowest BCUT2D eigenvalue weighted by Gasteiger charge is -2.03. The van der Waals surface area contributed by atoms with E-state index in [2.05, 4.69) is 39.6 Å². The second-order valence-corrected chi connectivity index (χ2v) is 7.12. The highest BCUT2D eigenvalue weighted by Gasteiger charge is 2.26. The number of benzene rings is 2. The Bertz CT molecular complexity index is 785. The normalized spacial score (nSPS) is 13.7. The van der Waals surface area contributed by atoms with Crippen molar-refractivity contribution in [3.63, 3.8) is 0 Å². The molecule has 0 spiro atoms. The van der Waals surface area contributed by atoms with Gasteiger partial charge >= 0.3 is 0 Å². The average Bonchev–Trinajstić information content (AvgIpc) is 2.78. The molecule has 3 aromatic rings. The van der Waals surface area contributed by atoms with E-state index in [9.17, 15) is 0 Å². The molecule has 0 saturated carbocycles. The fraction of sp³-hybridized carbons (Fsp3) is 0.250. The maximum absolute atomic E-state index is 6.06. The van der Waals surface area contributed by atoms with E-state index < -0.39 is 0 Å². The molecule has 25 heavy (non-hydrogen) atoms. The zero-order valence-corrected chi connectivity index (χ0v) is 16.9. The number of fused-ring (bicyclic) bond motifs is 1. The minimum atomic E-state index is 0. The standard InChI is InChI=1S/C20H19Cl2N2.BrH/c21-16-7-5-15(6-8-16)19-14-24(18-11-9-17(22)10-12-18)20-4-2-1-3-13-23(19)20;/h5-12,14H,1-4,13H2;1H/q+1;/p-1. The third kappa shape index (κ3) is 3.79. The van der Waals surface area contributed by atoms with Crippen LogP contribution in [0.5, 0.6) is 0 Å². The van der Waals surface area contributed by atoms with Crippen LogP contribution in [-0.2, 0) is 13.0 Å². The van der Waals surface area contributed by atoms with Crippen LogP contribution in [0.15, 0.2) is 54.7 Å². The van der Waals surface area contributed by atoms with E-state index >= 15 is 0 Å². The maximum atomic E-state index is 6.06. The highest BCUT2D eigenvalue weighted by molar-refractivity contribution is 6.30. The smallest absolute Gasteiger partial charge is 0.262 e. The van der Waals surface area contributed by atoms with Crippen molar-refractivity contribution in [2.45, 2.75) is 32.2 Å². The average molecular weight is 438 g/mol. The van der Waals surface area contributed by atoms with Crippen molar-refractivity contribution in [2.24, 2.45) is 0 Å². The van der Waals surface area contributed by atoms with Gasteiger partial charge in [-0.3, -0.25) is 0 Å². The molecule has 0 atom stereocenters. The summed E-state index contributed by atoms with van der Waals surface area (Å²) in [5.74, 6) is 1.36. The van der Waals surface area contributed by atoms with Gasteiger partial charge < -0.3 is 17.0 Å². The van der Waals surface area contributed by atoms with Gasteiger partial charge in [-0.15, -0.1) is 0 Å². The highest BCUT2D eigenvalue weighted by Crippen LogP contribution is 2.25. The first-order valence-electron chi connectivity index (χ1n) is 8.38. The summed E-state index contributed by atoms with van der Waals surface area (Å²) in [7, 11) is 0. The predicted molar refractivity (Wildman–Crippen MR) is 99.0 cm³/mol. The van der Waals surface area contributed by atoms with Crippen LogP contribution in [-0.4, -0.2) is 4.57 Å². The maximum Gasteiger partial charge on any atom is 0.262 e. The summed E-state index contributed by atoms with van der Waals surface area (Å²) in [5.41, 5.74) is 3.61. The summed E-state index contributed by atoms with van der Waals surface area (Å²) in [5, 5.41) is 1.54. The van der Waals surface area contributed by atoms with Gasteiger partial charge in [-0.1, -0.05) is 23.2 Å². The molecule has 0 radical (unpaired) electrons. The van der Waals surface area contributed by atoms with Crippen molar-refractivity contribution < 1.29 is 21.5 Å². The van der Waals surface area contributed by atoms with Crippen LogP contribution in [0.1, 0.15) is 25.1 Å². The lowest BCUT2D eigenvalue weighted by molar-refractivity contribution is -0.692. The number of halogens is 3. The second-order valence-electron chi connectivity index (χ2n) is 6.25. The Kier molecular flexibility index (Phi) is 5.88. The largest absolute Gasteiger partial charge is 1.00 e. The Balaban J connectivity index is 0.00000182. The van der Waals surface area contributed by atoms with Crippen molar-refractivity contribution >= 4 is 23.2 Å². The van der Waals surface area contributed by atoms with E-state index in [1.165, 1.54) is 36.3 Å². The van der Waals surface area contributed by atoms with E-state index in [1.807, 2.05) is 24.3 Å². The van der Waals surface area contributed by atoms with E-state index in [-0.39, 0.29) is 17.0 Å². The van der Waals surface area contributed by atoms with Gasteiger partial charge in [0.15, 0.2) is 5.69 Å². The van der Waals surface area contributed by atoms with Crippen molar-refractivity contribution in [3.8, 4) is 16.9 Å². The van der Waals surface area contributed by atoms with Crippen molar-refractivity contribution in [1.82, 2.24) is 4.57 Å². The second kappa shape index (κ2) is 7.94. The Morgan fingerprint density at radius 1 is 0.800 bits per heavy atom. The van der Waals surface area contributed by atoms with Crippen LogP contribution in [0.25, 0.3) is 16.9 Å². The summed E-state index contributed by atoms with van der Waals surface area (Å²) >= 11 is 12.1. The molecule has 0 N–H and O–H groups in total. The first kappa shape index (κ1) is 18.5. The molecule has 0 unspecified atom stereocenters. The molecule has 4 rings (SSSR count). The number of hydrogen-bond donors (Lipinski definition) is 0. The monoisotopic (exact) mass is 436 g/mol. The van der Waals surface area contributed by atoms with Gasteiger partial charge in [-0.05, 0) is 67.8 Å². The number of imidazole rings is 1. The molecule has 5 heteroatoms. The Morgan fingerprint density at radius 2 is 1.44 bits per heavy atom. The third-order valence-corrected chi connectivity index (χ3v) is 5.16. The fourth-order valence-electron chi connectivity index (χ4n) is 3.45. The van der Waals surface area contributed by atoms with Gasteiger partial charge in [0.1, 0.15) is 11.9 Å². The molecule has 0 amide bonds. The Hall–Kier alpha value is -1.29. The van der Waals surface area contributed by atoms with E-state index in [1.54, 1.807) is 0 Å². The molecular formula is C20H19BrCl2N2. The Morgan fingerprint density at radius 3 is 2.12 bits per heavy atom. The Labute approximate surface area is 168 Å². The summed E-state index contributed by atoms with van der Waals surface area (Å²) in [6, 6.07) is 16.2. The minimum absolute atomic E-state index is 0. The molecule has 130 valence electrons. The van der Waals surface area contributed by atoms with E-state index in [4.69, 9.17) is 23.2 Å². The fourth-order valence-corrected chi connectivity index (χ4v) is 3.70. The van der Waals surface area contributed by atoms with Gasteiger partial charge in [0.05, 0.1) is 6.54 Å². The molecule has 2 aromatic carbocycles. The molecule has 0 bridgehead atoms. The zero-order valence-electron chi connectivity index (χ0n) is 13.8. The first-order valence-corrected chi connectivity index (χ1v) is 9.14. The molecule has 1 aliphatic heterocycles. The quantitative estimate of drug-likeness (QED) is 0.544. The van der Waals surface area contributed by atoms with Gasteiger partial charge in [0, 0.05) is 22.0 Å². The van der Waals surface area contributed by atoms with Crippen LogP contribution >= 0.6 is 23.2 Å². The lowest BCUT2D eigenvalue weighted by Crippen LogP contribution is -3.00. The number of nitrogens with zero attached hydrogens (tertiary/aromatic N) is 2. The SMILES string of the molecule is Clc1ccc(-c2cn(-c3ccc(Cl)cc3)c3[n+]2CCCCC3)cc1.[Br-]. The summed E-state index contributed by atoms with van der Waals surface area (Å²) in [4.78, 5) is 0. The molecular weight excluding hydrogens is 419 g/mol. The molecule has 1 aliphatic rings. The van der Waals surface area contributed by atoms with Crippen LogP contribution in [0.3, 0.4) is 0 Å². The molecule has 1 aromatic heterocycles.